The largest absolute Gasteiger partial charge is 0.482 e. The van der Waals surface area contributed by atoms with Gasteiger partial charge in [-0.2, -0.15) is 0 Å². The van der Waals surface area contributed by atoms with Gasteiger partial charge in [0.2, 0.25) is 0 Å². The third kappa shape index (κ3) is 4.75. The van der Waals surface area contributed by atoms with Crippen molar-refractivity contribution in [1.29, 1.82) is 0 Å². The fourth-order valence-electron chi connectivity index (χ4n) is 1.64. The average molecular weight is 251 g/mol. The van der Waals surface area contributed by atoms with Crippen LogP contribution in [-0.4, -0.2) is 25.7 Å². The van der Waals surface area contributed by atoms with E-state index in [0.717, 1.165) is 12.1 Å². The van der Waals surface area contributed by atoms with Crippen LogP contribution in [0.5, 0.6) is 5.75 Å². The van der Waals surface area contributed by atoms with Crippen molar-refractivity contribution in [2.45, 2.75) is 26.8 Å². The second-order valence-electron chi connectivity index (χ2n) is 3.95. The van der Waals surface area contributed by atoms with Crippen LogP contribution in [0, 0.1) is 0 Å². The van der Waals surface area contributed by atoms with E-state index in [1.54, 1.807) is 6.92 Å². The zero-order valence-electron chi connectivity index (χ0n) is 11.2. The molecular formula is C14H21NO3. The molecule has 0 heterocycles. The maximum atomic E-state index is 11.2. The predicted molar refractivity (Wildman–Crippen MR) is 70.7 cm³/mol. The van der Waals surface area contributed by atoms with Crippen LogP contribution in [0.25, 0.3) is 0 Å². The summed E-state index contributed by atoms with van der Waals surface area (Å²) in [5.41, 5.74) is 1.14. The Morgan fingerprint density at radius 1 is 1.39 bits per heavy atom. The van der Waals surface area contributed by atoms with Crippen LogP contribution in [0.15, 0.2) is 24.3 Å². The molecule has 0 saturated carbocycles. The minimum absolute atomic E-state index is 0.0487. The number of hydrogen-bond acceptors (Lipinski definition) is 4. The summed E-state index contributed by atoms with van der Waals surface area (Å²) in [7, 11) is 0. The highest BCUT2D eigenvalue weighted by molar-refractivity contribution is 5.71. The molecule has 0 aromatic heterocycles. The van der Waals surface area contributed by atoms with E-state index >= 15 is 0 Å². The van der Waals surface area contributed by atoms with Gasteiger partial charge in [-0.3, -0.25) is 0 Å². The Bertz CT molecular complexity index is 379. The molecule has 0 saturated heterocycles. The molecule has 1 N–H and O–H groups in total. The molecule has 4 heteroatoms. The van der Waals surface area contributed by atoms with Crippen LogP contribution in [0.2, 0.25) is 0 Å². The van der Waals surface area contributed by atoms with Gasteiger partial charge in [-0.15, -0.1) is 0 Å². The van der Waals surface area contributed by atoms with Crippen LogP contribution in [0.3, 0.4) is 0 Å². The number of carbonyl (C=O) groups excluding carboxylic acids is 1. The number of rotatable bonds is 7. The zero-order valence-corrected chi connectivity index (χ0v) is 11.2. The quantitative estimate of drug-likeness (QED) is 0.755. The van der Waals surface area contributed by atoms with E-state index in [0.29, 0.717) is 12.4 Å². The van der Waals surface area contributed by atoms with Crippen molar-refractivity contribution in [3.8, 4) is 5.75 Å². The SMILES string of the molecule is CCNC(C)c1cccc(OCC(=O)OCC)c1. The Hall–Kier alpha value is -1.55. The minimum Gasteiger partial charge on any atom is -0.482 e. The Morgan fingerprint density at radius 3 is 2.83 bits per heavy atom. The third-order valence-electron chi connectivity index (χ3n) is 2.53. The summed E-state index contributed by atoms with van der Waals surface area (Å²) in [6.45, 7) is 7.17. The Labute approximate surface area is 108 Å². The van der Waals surface area contributed by atoms with Crippen molar-refractivity contribution in [2.75, 3.05) is 19.8 Å². The van der Waals surface area contributed by atoms with Crippen molar-refractivity contribution in [3.63, 3.8) is 0 Å². The van der Waals surface area contributed by atoms with Gasteiger partial charge in [0.15, 0.2) is 6.61 Å². The molecule has 0 amide bonds. The van der Waals surface area contributed by atoms with Crippen molar-refractivity contribution in [2.24, 2.45) is 0 Å². The van der Waals surface area contributed by atoms with Crippen LogP contribution >= 0.6 is 0 Å². The summed E-state index contributed by atoms with van der Waals surface area (Å²) in [5, 5.41) is 3.33. The number of benzene rings is 1. The van der Waals surface area contributed by atoms with E-state index in [2.05, 4.69) is 19.2 Å². The molecular weight excluding hydrogens is 230 g/mol. The molecule has 1 unspecified atom stereocenters. The molecule has 0 radical (unpaired) electrons. The standard InChI is InChI=1S/C14H21NO3/c1-4-15-11(3)12-7-6-8-13(9-12)18-10-14(16)17-5-2/h6-9,11,15H,4-5,10H2,1-3H3. The van der Waals surface area contributed by atoms with Crippen molar-refractivity contribution in [1.82, 2.24) is 5.32 Å². The van der Waals surface area contributed by atoms with E-state index < -0.39 is 0 Å². The van der Waals surface area contributed by atoms with Crippen molar-refractivity contribution < 1.29 is 14.3 Å². The first-order valence-corrected chi connectivity index (χ1v) is 6.29. The lowest BCUT2D eigenvalue weighted by molar-refractivity contribution is -0.145. The number of ether oxygens (including phenoxy) is 2. The molecule has 100 valence electrons. The maximum absolute atomic E-state index is 11.2. The van der Waals surface area contributed by atoms with E-state index in [1.807, 2.05) is 24.3 Å². The maximum Gasteiger partial charge on any atom is 0.344 e. The highest BCUT2D eigenvalue weighted by Gasteiger charge is 2.06. The van der Waals surface area contributed by atoms with Gasteiger partial charge >= 0.3 is 5.97 Å². The molecule has 0 fully saturated rings. The number of hydrogen-bond donors (Lipinski definition) is 1. The summed E-state index contributed by atoms with van der Waals surface area (Å²) < 4.78 is 10.2. The first-order chi connectivity index (χ1) is 8.67. The van der Waals surface area contributed by atoms with E-state index in [1.165, 1.54) is 0 Å². The zero-order chi connectivity index (χ0) is 13.4. The molecule has 0 bridgehead atoms. The smallest absolute Gasteiger partial charge is 0.344 e. The fraction of sp³-hybridized carbons (Fsp3) is 0.500. The number of carbonyl (C=O) groups is 1. The Balaban J connectivity index is 2.56. The van der Waals surface area contributed by atoms with E-state index in [4.69, 9.17) is 9.47 Å². The van der Waals surface area contributed by atoms with Gasteiger partial charge in [0.25, 0.3) is 0 Å². The first-order valence-electron chi connectivity index (χ1n) is 6.29. The van der Waals surface area contributed by atoms with Gasteiger partial charge in [0.1, 0.15) is 5.75 Å². The van der Waals surface area contributed by atoms with Crippen LogP contribution in [-0.2, 0) is 9.53 Å². The summed E-state index contributed by atoms with van der Waals surface area (Å²) in [6.07, 6.45) is 0. The lowest BCUT2D eigenvalue weighted by atomic mass is 10.1. The summed E-state index contributed by atoms with van der Waals surface area (Å²) in [5.74, 6) is 0.341. The molecule has 0 aliphatic carbocycles. The summed E-state index contributed by atoms with van der Waals surface area (Å²) in [4.78, 5) is 11.2. The van der Waals surface area contributed by atoms with E-state index in [9.17, 15) is 4.79 Å². The van der Waals surface area contributed by atoms with Gasteiger partial charge < -0.3 is 14.8 Å². The second-order valence-corrected chi connectivity index (χ2v) is 3.95. The molecule has 4 nitrogen and oxygen atoms in total. The first kappa shape index (κ1) is 14.5. The predicted octanol–water partition coefficient (Wildman–Crippen LogP) is 2.30. The molecule has 1 rings (SSSR count). The third-order valence-corrected chi connectivity index (χ3v) is 2.53. The average Bonchev–Trinajstić information content (AvgIpc) is 2.37. The number of nitrogens with one attached hydrogen (secondary N) is 1. The van der Waals surface area contributed by atoms with Gasteiger partial charge in [-0.1, -0.05) is 19.1 Å². The van der Waals surface area contributed by atoms with E-state index in [-0.39, 0.29) is 18.6 Å². The molecule has 1 aromatic carbocycles. The molecule has 0 spiro atoms. The van der Waals surface area contributed by atoms with Gasteiger partial charge in [0.05, 0.1) is 6.61 Å². The summed E-state index contributed by atoms with van der Waals surface area (Å²) in [6, 6.07) is 7.99. The summed E-state index contributed by atoms with van der Waals surface area (Å²) >= 11 is 0. The highest BCUT2D eigenvalue weighted by Crippen LogP contribution is 2.18. The van der Waals surface area contributed by atoms with Crippen LogP contribution in [0.4, 0.5) is 0 Å². The van der Waals surface area contributed by atoms with Gasteiger partial charge in [0, 0.05) is 6.04 Å². The lowest BCUT2D eigenvalue weighted by Gasteiger charge is -2.14. The highest BCUT2D eigenvalue weighted by atomic mass is 16.6. The monoisotopic (exact) mass is 251 g/mol. The van der Waals surface area contributed by atoms with Crippen LogP contribution < -0.4 is 10.1 Å². The minimum atomic E-state index is -0.345. The van der Waals surface area contributed by atoms with Crippen LogP contribution in [0.1, 0.15) is 32.4 Å². The van der Waals surface area contributed by atoms with Gasteiger partial charge in [-0.05, 0) is 38.1 Å². The fourth-order valence-corrected chi connectivity index (χ4v) is 1.64. The molecule has 1 aromatic rings. The van der Waals surface area contributed by atoms with Crippen molar-refractivity contribution >= 4 is 5.97 Å². The molecule has 0 aliphatic rings. The Kier molecular flexibility index (Phi) is 6.22. The topological polar surface area (TPSA) is 47.6 Å². The molecule has 1 atom stereocenters. The van der Waals surface area contributed by atoms with Crippen molar-refractivity contribution in [3.05, 3.63) is 29.8 Å². The Morgan fingerprint density at radius 2 is 2.17 bits per heavy atom. The van der Waals surface area contributed by atoms with Gasteiger partial charge in [-0.25, -0.2) is 4.79 Å². The molecule has 18 heavy (non-hydrogen) atoms. The second kappa shape index (κ2) is 7.71. The normalized spacial score (nSPS) is 11.9. The lowest BCUT2D eigenvalue weighted by Crippen LogP contribution is -2.18. The molecule has 0 aliphatic heterocycles. The number of esters is 1.